The first-order valence-corrected chi connectivity index (χ1v) is 17.6. The number of ether oxygens (including phenoxy) is 1. The molecule has 7 rings (SSSR count). The molecule has 2 saturated heterocycles. The second-order valence-corrected chi connectivity index (χ2v) is 13.6. The number of benzene rings is 4. The molecule has 2 aliphatic heterocycles. The smallest absolute Gasteiger partial charge is 0.287 e. The van der Waals surface area contributed by atoms with E-state index in [-0.39, 0.29) is 23.7 Å². The summed E-state index contributed by atoms with van der Waals surface area (Å²) in [5, 5.41) is 13.0. The van der Waals surface area contributed by atoms with Crippen LogP contribution in [0.5, 0.6) is 11.5 Å². The molecule has 2 fully saturated rings. The summed E-state index contributed by atoms with van der Waals surface area (Å²) >= 11 is 0. The number of furan rings is 1. The predicted molar refractivity (Wildman–Crippen MR) is 193 cm³/mol. The Labute approximate surface area is 293 Å². The van der Waals surface area contributed by atoms with Crippen LogP contribution in [0.25, 0.3) is 11.0 Å². The SMILES string of the molecule is N#Cc1ccc(CN2CCC(NC(=O)c3cc4cc(CC(=O)C5CCN(Cc6ccc(Oc7ccccc7)cc6)CC5)ccc4o3)CC2)cc1. The van der Waals surface area contributed by atoms with Crippen molar-refractivity contribution in [3.05, 3.63) is 131 Å². The zero-order chi connectivity index (χ0) is 34.3. The molecular weight excluding hydrogens is 624 g/mol. The van der Waals surface area contributed by atoms with Gasteiger partial charge >= 0.3 is 0 Å². The number of nitriles is 1. The maximum Gasteiger partial charge on any atom is 0.287 e. The molecule has 254 valence electrons. The lowest BCUT2D eigenvalue weighted by molar-refractivity contribution is -0.123. The van der Waals surface area contributed by atoms with E-state index in [1.165, 1.54) is 11.1 Å². The van der Waals surface area contributed by atoms with Gasteiger partial charge < -0.3 is 14.5 Å². The van der Waals surface area contributed by atoms with Gasteiger partial charge in [0.2, 0.25) is 0 Å². The van der Waals surface area contributed by atoms with Gasteiger partial charge in [0.25, 0.3) is 5.91 Å². The summed E-state index contributed by atoms with van der Waals surface area (Å²) in [5.74, 6) is 2.08. The van der Waals surface area contributed by atoms with E-state index in [2.05, 4.69) is 33.3 Å². The first kappa shape index (κ1) is 33.3. The zero-order valence-electron chi connectivity index (χ0n) is 28.2. The van der Waals surface area contributed by atoms with Crippen LogP contribution >= 0.6 is 0 Å². The highest BCUT2D eigenvalue weighted by Crippen LogP contribution is 2.26. The van der Waals surface area contributed by atoms with Gasteiger partial charge in [0.05, 0.1) is 11.6 Å². The summed E-state index contributed by atoms with van der Waals surface area (Å²) in [6, 6.07) is 35.6. The number of fused-ring (bicyclic) bond motifs is 1. The van der Waals surface area contributed by atoms with Crippen LogP contribution in [0.3, 0.4) is 0 Å². The molecule has 0 aliphatic carbocycles. The minimum Gasteiger partial charge on any atom is -0.457 e. The number of rotatable bonds is 11. The Hall–Kier alpha value is -5.23. The molecule has 1 aromatic heterocycles. The van der Waals surface area contributed by atoms with Crippen molar-refractivity contribution < 1.29 is 18.7 Å². The van der Waals surface area contributed by atoms with Crippen LogP contribution in [-0.2, 0) is 24.3 Å². The molecule has 8 heteroatoms. The summed E-state index contributed by atoms with van der Waals surface area (Å²) < 4.78 is 11.8. The standard InChI is InChI=1S/C42H42N4O4/c43-27-30-6-8-31(9-7-30)28-46-22-18-36(19-23-46)44-42(48)41-26-35-24-33(12-15-40(35)50-41)25-39(47)34-16-20-45(21-17-34)29-32-10-13-38(14-11-32)49-37-4-2-1-3-5-37/h1-15,24,26,34,36H,16-23,25,28-29H2,(H,44,48). The van der Waals surface area contributed by atoms with Gasteiger partial charge in [-0.3, -0.25) is 19.4 Å². The fourth-order valence-electron chi connectivity index (χ4n) is 7.05. The number of carbonyl (C=O) groups excluding carboxylic acids is 2. The third-order valence-electron chi connectivity index (χ3n) is 9.95. The molecule has 2 aliphatic rings. The van der Waals surface area contributed by atoms with Crippen LogP contribution in [0.2, 0.25) is 0 Å². The number of nitrogens with one attached hydrogen (secondary N) is 1. The van der Waals surface area contributed by atoms with Crippen LogP contribution in [0.15, 0.2) is 108 Å². The first-order valence-electron chi connectivity index (χ1n) is 17.6. The van der Waals surface area contributed by atoms with Gasteiger partial charge in [-0.05, 0) is 110 Å². The van der Waals surface area contributed by atoms with E-state index >= 15 is 0 Å². The highest BCUT2D eigenvalue weighted by Gasteiger charge is 2.26. The van der Waals surface area contributed by atoms with E-state index in [1.807, 2.05) is 84.9 Å². The van der Waals surface area contributed by atoms with Crippen LogP contribution in [-0.4, -0.2) is 53.7 Å². The van der Waals surface area contributed by atoms with E-state index in [1.54, 1.807) is 6.07 Å². The van der Waals surface area contributed by atoms with Crippen molar-refractivity contribution in [3.8, 4) is 17.6 Å². The summed E-state index contributed by atoms with van der Waals surface area (Å²) in [7, 11) is 0. The number of para-hydroxylation sites is 1. The molecular formula is C42H42N4O4. The molecule has 8 nitrogen and oxygen atoms in total. The van der Waals surface area contributed by atoms with Crippen molar-refractivity contribution in [1.82, 2.24) is 15.1 Å². The summed E-state index contributed by atoms with van der Waals surface area (Å²) in [4.78, 5) is 31.2. The summed E-state index contributed by atoms with van der Waals surface area (Å²) in [6.45, 7) is 5.27. The van der Waals surface area contributed by atoms with Crippen molar-refractivity contribution in [2.24, 2.45) is 5.92 Å². The van der Waals surface area contributed by atoms with Gasteiger partial charge in [-0.1, -0.05) is 48.5 Å². The molecule has 1 N–H and O–H groups in total. The van der Waals surface area contributed by atoms with E-state index in [4.69, 9.17) is 14.4 Å². The number of Topliss-reactive ketones (excluding diaryl/α,β-unsaturated/α-hetero) is 1. The topological polar surface area (TPSA) is 98.8 Å². The lowest BCUT2D eigenvalue weighted by Gasteiger charge is -2.32. The van der Waals surface area contributed by atoms with Crippen molar-refractivity contribution in [1.29, 1.82) is 5.26 Å². The van der Waals surface area contributed by atoms with Crippen LogP contribution in [0, 0.1) is 17.2 Å². The number of ketones is 1. The highest BCUT2D eigenvalue weighted by atomic mass is 16.5. The summed E-state index contributed by atoms with van der Waals surface area (Å²) in [5.41, 5.74) is 4.69. The molecule has 1 amide bonds. The number of nitrogens with zero attached hydrogens (tertiary/aromatic N) is 3. The summed E-state index contributed by atoms with van der Waals surface area (Å²) in [6.07, 6.45) is 3.84. The minimum absolute atomic E-state index is 0.0600. The van der Waals surface area contributed by atoms with E-state index in [0.29, 0.717) is 23.3 Å². The number of amides is 1. The second-order valence-electron chi connectivity index (χ2n) is 13.6. The monoisotopic (exact) mass is 666 g/mol. The number of piperidine rings is 2. The number of hydrogen-bond donors (Lipinski definition) is 1. The maximum atomic E-state index is 13.3. The van der Waals surface area contributed by atoms with E-state index in [0.717, 1.165) is 87.4 Å². The van der Waals surface area contributed by atoms with Crippen molar-refractivity contribution >= 4 is 22.7 Å². The number of carbonyl (C=O) groups is 2. The van der Waals surface area contributed by atoms with Gasteiger partial charge in [0.15, 0.2) is 5.76 Å². The fourth-order valence-corrected chi connectivity index (χ4v) is 7.05. The Morgan fingerprint density at radius 2 is 1.34 bits per heavy atom. The highest BCUT2D eigenvalue weighted by molar-refractivity contribution is 5.96. The Kier molecular flexibility index (Phi) is 10.3. The quantitative estimate of drug-likeness (QED) is 0.156. The Balaban J connectivity index is 0.851. The van der Waals surface area contributed by atoms with E-state index < -0.39 is 0 Å². The Morgan fingerprint density at radius 3 is 2.00 bits per heavy atom. The second kappa shape index (κ2) is 15.5. The third kappa shape index (κ3) is 8.49. The lowest BCUT2D eigenvalue weighted by atomic mass is 9.89. The average Bonchev–Trinajstić information content (AvgIpc) is 3.58. The molecule has 4 aromatic carbocycles. The minimum atomic E-state index is -0.201. The van der Waals surface area contributed by atoms with E-state index in [9.17, 15) is 9.59 Å². The zero-order valence-corrected chi connectivity index (χ0v) is 28.2. The molecule has 0 bridgehead atoms. The largest absolute Gasteiger partial charge is 0.457 e. The van der Waals surface area contributed by atoms with Gasteiger partial charge in [-0.25, -0.2) is 0 Å². The Morgan fingerprint density at radius 1 is 0.740 bits per heavy atom. The van der Waals surface area contributed by atoms with Crippen molar-refractivity contribution in [2.75, 3.05) is 26.2 Å². The molecule has 0 radical (unpaired) electrons. The van der Waals surface area contributed by atoms with Crippen LogP contribution in [0.4, 0.5) is 0 Å². The third-order valence-corrected chi connectivity index (χ3v) is 9.95. The molecule has 0 saturated carbocycles. The van der Waals surface area contributed by atoms with Crippen LogP contribution < -0.4 is 10.1 Å². The maximum absolute atomic E-state index is 13.3. The van der Waals surface area contributed by atoms with Crippen molar-refractivity contribution in [2.45, 2.75) is 51.2 Å². The first-order chi connectivity index (χ1) is 24.5. The Bertz CT molecular complexity index is 1950. The molecule has 5 aromatic rings. The predicted octanol–water partition coefficient (Wildman–Crippen LogP) is 7.51. The molecule has 0 spiro atoms. The molecule has 50 heavy (non-hydrogen) atoms. The van der Waals surface area contributed by atoms with Gasteiger partial charge in [-0.15, -0.1) is 0 Å². The van der Waals surface area contributed by atoms with Crippen molar-refractivity contribution in [3.63, 3.8) is 0 Å². The molecule has 3 heterocycles. The van der Waals surface area contributed by atoms with Gasteiger partial charge in [-0.2, -0.15) is 5.26 Å². The van der Waals surface area contributed by atoms with Gasteiger partial charge in [0.1, 0.15) is 22.9 Å². The van der Waals surface area contributed by atoms with Crippen LogP contribution in [0.1, 0.15) is 58.5 Å². The molecule has 0 unspecified atom stereocenters. The molecule has 0 atom stereocenters. The van der Waals surface area contributed by atoms with Gasteiger partial charge in [0, 0.05) is 49.9 Å². The fraction of sp³-hybridized carbons (Fsp3) is 0.310. The average molecular weight is 667 g/mol. The normalized spacial score (nSPS) is 16.2. The number of likely N-dealkylation sites (tertiary alicyclic amines) is 2. The number of hydrogen-bond acceptors (Lipinski definition) is 7. The lowest BCUT2D eigenvalue weighted by Crippen LogP contribution is -2.44.